The van der Waals surface area contributed by atoms with Crippen molar-refractivity contribution in [1.82, 2.24) is 14.5 Å². The van der Waals surface area contributed by atoms with Gasteiger partial charge in [0, 0.05) is 10.0 Å². The molecule has 0 amide bonds. The maximum atomic E-state index is 9.55. The van der Waals surface area contributed by atoms with Crippen LogP contribution in [-0.4, -0.2) is 14.5 Å². The molecule has 0 saturated carbocycles. The highest BCUT2D eigenvalue weighted by Gasteiger charge is 2.25. The van der Waals surface area contributed by atoms with Gasteiger partial charge in [-0.2, -0.15) is 10.5 Å². The third-order valence-corrected chi connectivity index (χ3v) is 4.43. The minimum absolute atomic E-state index is 0.160. The summed E-state index contributed by atoms with van der Waals surface area (Å²) in [5.41, 5.74) is 1.74. The molecule has 0 unspecified atom stereocenters. The summed E-state index contributed by atoms with van der Waals surface area (Å²) in [6.45, 7) is 1.85. The first-order valence-corrected chi connectivity index (χ1v) is 7.93. The largest absolute Gasteiger partial charge is 0.307 e. The zero-order valence-corrected chi connectivity index (χ0v) is 14.5. The first kappa shape index (κ1) is 16.5. The molecule has 2 aromatic heterocycles. The second-order valence-electron chi connectivity index (χ2n) is 5.02. The molecule has 118 valence electrons. The average molecular weight is 377 g/mol. The molecule has 0 N–H and O–H groups in total. The molecular formula is C16H8Cl3N5. The van der Waals surface area contributed by atoms with Crippen LogP contribution in [0.4, 0.5) is 0 Å². The first-order valence-electron chi connectivity index (χ1n) is 6.79. The van der Waals surface area contributed by atoms with Gasteiger partial charge in [-0.1, -0.05) is 40.9 Å². The van der Waals surface area contributed by atoms with E-state index in [1.807, 2.05) is 13.0 Å². The molecule has 24 heavy (non-hydrogen) atoms. The Kier molecular flexibility index (Phi) is 4.34. The highest BCUT2D eigenvalue weighted by Crippen LogP contribution is 2.34. The fraction of sp³-hybridized carbons (Fsp3) is 0.125. The van der Waals surface area contributed by atoms with Crippen molar-refractivity contribution in [3.05, 3.63) is 56.4 Å². The van der Waals surface area contributed by atoms with Crippen LogP contribution < -0.4 is 0 Å². The first-order chi connectivity index (χ1) is 11.5. The number of hydrogen-bond donors (Lipinski definition) is 0. The predicted octanol–water partition coefficient (Wildman–Crippen LogP) is 4.74. The lowest BCUT2D eigenvalue weighted by Gasteiger charge is -2.18. The number of nitrogens with zero attached hydrogens (tertiary/aromatic N) is 5. The maximum absolute atomic E-state index is 9.55. The van der Waals surface area contributed by atoms with Gasteiger partial charge in [0.25, 0.3) is 0 Å². The van der Waals surface area contributed by atoms with E-state index in [0.29, 0.717) is 21.2 Å². The molecule has 0 aliphatic carbocycles. The molecule has 0 aliphatic heterocycles. The van der Waals surface area contributed by atoms with E-state index in [1.165, 1.54) is 6.20 Å². The van der Waals surface area contributed by atoms with Crippen LogP contribution in [0.2, 0.25) is 15.2 Å². The van der Waals surface area contributed by atoms with Crippen LogP contribution in [-0.2, 0) is 0 Å². The third-order valence-electron chi connectivity index (χ3n) is 3.68. The SMILES string of the molecule is C[C@H](c1ccc(Cl)cc1Cl)n1c(C#N)c(C#N)c2ncc(Cl)nc21. The number of benzene rings is 1. The summed E-state index contributed by atoms with van der Waals surface area (Å²) in [4.78, 5) is 8.39. The number of nitriles is 2. The molecule has 2 heterocycles. The molecule has 0 fully saturated rings. The molecule has 0 aliphatic rings. The molecule has 3 aromatic rings. The lowest BCUT2D eigenvalue weighted by molar-refractivity contribution is 0.650. The van der Waals surface area contributed by atoms with Gasteiger partial charge in [0.05, 0.1) is 12.2 Å². The predicted molar refractivity (Wildman–Crippen MR) is 92.2 cm³/mol. The quantitative estimate of drug-likeness (QED) is 0.647. The van der Waals surface area contributed by atoms with E-state index in [9.17, 15) is 10.5 Å². The van der Waals surface area contributed by atoms with E-state index in [2.05, 4.69) is 16.0 Å². The summed E-state index contributed by atoms with van der Waals surface area (Å²) in [7, 11) is 0. The highest BCUT2D eigenvalue weighted by molar-refractivity contribution is 6.35. The van der Waals surface area contributed by atoms with Gasteiger partial charge in [0.1, 0.15) is 34.1 Å². The standard InChI is InChI=1S/C16H8Cl3N5/c1-8(10-3-2-9(17)4-12(10)18)24-13(6-21)11(5-20)15-16(24)23-14(19)7-22-15/h2-4,7-8H,1H3/t8-/m1/s1. The van der Waals surface area contributed by atoms with E-state index in [4.69, 9.17) is 34.8 Å². The Morgan fingerprint density at radius 3 is 2.54 bits per heavy atom. The summed E-state index contributed by atoms with van der Waals surface area (Å²) in [5, 5.41) is 20.1. The van der Waals surface area contributed by atoms with Gasteiger partial charge < -0.3 is 4.57 Å². The van der Waals surface area contributed by atoms with Gasteiger partial charge in [0.15, 0.2) is 5.65 Å². The monoisotopic (exact) mass is 375 g/mol. The van der Waals surface area contributed by atoms with Crippen molar-refractivity contribution in [2.45, 2.75) is 13.0 Å². The van der Waals surface area contributed by atoms with Gasteiger partial charge in [-0.3, -0.25) is 0 Å². The Bertz CT molecular complexity index is 1040. The number of hydrogen-bond acceptors (Lipinski definition) is 4. The van der Waals surface area contributed by atoms with Gasteiger partial charge >= 0.3 is 0 Å². The van der Waals surface area contributed by atoms with Crippen LogP contribution in [0.25, 0.3) is 11.2 Å². The zero-order valence-electron chi connectivity index (χ0n) is 12.3. The van der Waals surface area contributed by atoms with Crippen LogP contribution in [0.15, 0.2) is 24.4 Å². The molecule has 0 bridgehead atoms. The Morgan fingerprint density at radius 2 is 1.92 bits per heavy atom. The van der Waals surface area contributed by atoms with Crippen LogP contribution in [0.3, 0.4) is 0 Å². The van der Waals surface area contributed by atoms with Crippen molar-refractivity contribution >= 4 is 46.0 Å². The second kappa shape index (κ2) is 6.30. The summed E-state index contributed by atoms with van der Waals surface area (Å²) in [6, 6.07) is 8.80. The lowest BCUT2D eigenvalue weighted by atomic mass is 10.1. The Labute approximate surface area is 152 Å². The van der Waals surface area contributed by atoms with Crippen LogP contribution >= 0.6 is 34.8 Å². The zero-order chi connectivity index (χ0) is 17.4. The van der Waals surface area contributed by atoms with E-state index >= 15 is 0 Å². The summed E-state index contributed by atoms with van der Waals surface area (Å²) >= 11 is 18.2. The van der Waals surface area contributed by atoms with Gasteiger partial charge in [-0.05, 0) is 24.6 Å². The topological polar surface area (TPSA) is 78.3 Å². The van der Waals surface area contributed by atoms with E-state index in [1.54, 1.807) is 22.8 Å². The summed E-state index contributed by atoms with van der Waals surface area (Å²) < 4.78 is 1.61. The van der Waals surface area contributed by atoms with Crippen molar-refractivity contribution in [2.75, 3.05) is 0 Å². The van der Waals surface area contributed by atoms with Crippen LogP contribution in [0.5, 0.6) is 0 Å². The molecule has 5 nitrogen and oxygen atoms in total. The summed E-state index contributed by atoms with van der Waals surface area (Å²) in [6.07, 6.45) is 1.34. The average Bonchev–Trinajstić information content (AvgIpc) is 2.86. The second-order valence-corrected chi connectivity index (χ2v) is 6.25. The molecule has 0 saturated heterocycles. The summed E-state index contributed by atoms with van der Waals surface area (Å²) in [5.74, 6) is 0. The minimum Gasteiger partial charge on any atom is -0.307 e. The fourth-order valence-electron chi connectivity index (χ4n) is 2.61. The van der Waals surface area contributed by atoms with Gasteiger partial charge in [-0.15, -0.1) is 0 Å². The number of rotatable bonds is 2. The van der Waals surface area contributed by atoms with Crippen molar-refractivity contribution in [1.29, 1.82) is 10.5 Å². The van der Waals surface area contributed by atoms with Crippen molar-refractivity contribution < 1.29 is 0 Å². The smallest absolute Gasteiger partial charge is 0.163 e. The number of aromatic nitrogens is 3. The van der Waals surface area contributed by atoms with E-state index in [0.717, 1.165) is 5.56 Å². The van der Waals surface area contributed by atoms with Gasteiger partial charge in [0.2, 0.25) is 0 Å². The van der Waals surface area contributed by atoms with Crippen molar-refractivity contribution in [3.63, 3.8) is 0 Å². The molecule has 3 rings (SSSR count). The van der Waals surface area contributed by atoms with Gasteiger partial charge in [-0.25, -0.2) is 9.97 Å². The molecule has 1 atom stereocenters. The van der Waals surface area contributed by atoms with Crippen LogP contribution in [0, 0.1) is 22.7 Å². The Balaban J connectivity index is 2.35. The number of halogens is 3. The van der Waals surface area contributed by atoms with Crippen LogP contribution in [0.1, 0.15) is 29.8 Å². The maximum Gasteiger partial charge on any atom is 0.163 e. The number of fused-ring (bicyclic) bond motifs is 1. The van der Waals surface area contributed by atoms with Crippen molar-refractivity contribution in [3.8, 4) is 12.1 Å². The minimum atomic E-state index is -0.373. The third kappa shape index (κ3) is 2.57. The van der Waals surface area contributed by atoms with E-state index in [-0.39, 0.29) is 22.5 Å². The molecule has 0 radical (unpaired) electrons. The molecule has 0 spiro atoms. The fourth-order valence-corrected chi connectivity index (χ4v) is 3.31. The molecular weight excluding hydrogens is 369 g/mol. The molecule has 1 aromatic carbocycles. The molecule has 8 heteroatoms. The highest BCUT2D eigenvalue weighted by atomic mass is 35.5. The Morgan fingerprint density at radius 1 is 1.17 bits per heavy atom. The van der Waals surface area contributed by atoms with E-state index < -0.39 is 0 Å². The lowest BCUT2D eigenvalue weighted by Crippen LogP contribution is -2.10. The Hall–Kier alpha value is -2.31. The van der Waals surface area contributed by atoms with Crippen molar-refractivity contribution in [2.24, 2.45) is 0 Å². The normalized spacial score (nSPS) is 11.9.